The first-order chi connectivity index (χ1) is 12.6. The van der Waals surface area contributed by atoms with E-state index in [1.807, 2.05) is 0 Å². The summed E-state index contributed by atoms with van der Waals surface area (Å²) >= 11 is 0. The Morgan fingerprint density at radius 1 is 0.630 bits per heavy atom. The van der Waals surface area contributed by atoms with Crippen LogP contribution in [0.2, 0.25) is 0 Å². The van der Waals surface area contributed by atoms with E-state index in [-0.39, 0.29) is 0 Å². The maximum Gasteiger partial charge on any atom is 0.0201 e. The molecule has 2 rings (SSSR count). The molecule has 0 aromatic carbocycles. The van der Waals surface area contributed by atoms with Crippen molar-refractivity contribution in [2.75, 3.05) is 32.7 Å². The molecule has 2 heterocycles. The minimum absolute atomic E-state index is 0.663. The van der Waals surface area contributed by atoms with Crippen molar-refractivity contribution < 1.29 is 0 Å². The van der Waals surface area contributed by atoms with E-state index in [2.05, 4.69) is 81.9 Å². The van der Waals surface area contributed by atoms with E-state index >= 15 is 0 Å². The monoisotopic (exact) mass is 380 g/mol. The molecule has 27 heavy (non-hydrogen) atoms. The number of hydrogen-bond donors (Lipinski definition) is 0. The summed E-state index contributed by atoms with van der Waals surface area (Å²) < 4.78 is 0. The molecular formula is C23H48N4. The highest BCUT2D eigenvalue weighted by atomic mass is 15.3. The topological polar surface area (TPSA) is 13.0 Å². The van der Waals surface area contributed by atoms with Crippen molar-refractivity contribution in [3.63, 3.8) is 0 Å². The van der Waals surface area contributed by atoms with Gasteiger partial charge in [0.2, 0.25) is 0 Å². The average Bonchev–Trinajstić information content (AvgIpc) is 2.58. The van der Waals surface area contributed by atoms with E-state index in [1.165, 1.54) is 45.6 Å². The van der Waals surface area contributed by atoms with Crippen LogP contribution in [0.4, 0.5) is 0 Å². The number of piperazine rings is 2. The Labute approximate surface area is 170 Å². The molecule has 0 radical (unpaired) electrons. The van der Waals surface area contributed by atoms with Gasteiger partial charge >= 0.3 is 0 Å². The molecule has 2 fully saturated rings. The third-order valence-corrected chi connectivity index (χ3v) is 7.25. The highest BCUT2D eigenvalue weighted by molar-refractivity contribution is 4.90. The van der Waals surface area contributed by atoms with E-state index in [9.17, 15) is 0 Å². The maximum atomic E-state index is 2.80. The lowest BCUT2D eigenvalue weighted by Crippen LogP contribution is -2.60. The summed E-state index contributed by atoms with van der Waals surface area (Å²) in [5.41, 5.74) is 0. The van der Waals surface area contributed by atoms with E-state index in [1.54, 1.807) is 0 Å². The van der Waals surface area contributed by atoms with Crippen molar-refractivity contribution in [2.24, 2.45) is 0 Å². The SMILES string of the molecule is CC(C)N1C[C@@H](C)N(C(C)CCC(C)N2CCN(C(C)C)[C@H](C)C2)[C@H](C)C1. The van der Waals surface area contributed by atoms with E-state index in [0.717, 1.165) is 0 Å². The molecule has 2 aliphatic heterocycles. The zero-order valence-electron chi connectivity index (χ0n) is 19.8. The first kappa shape index (κ1) is 23.1. The van der Waals surface area contributed by atoms with Crippen molar-refractivity contribution >= 4 is 0 Å². The lowest BCUT2D eigenvalue weighted by atomic mass is 9.98. The first-order valence-electron chi connectivity index (χ1n) is 11.6. The van der Waals surface area contributed by atoms with Crippen molar-refractivity contribution in [3.05, 3.63) is 0 Å². The molecule has 0 spiro atoms. The Morgan fingerprint density at radius 2 is 1.15 bits per heavy atom. The standard InChI is InChI=1S/C23H48N4/c1-17(2)25-15-22(8)27(23(9)16-25)20(6)11-10-19(5)24-12-13-26(18(3)4)21(7)14-24/h17-23H,10-16H2,1-9H3/t19?,20?,21-,22-,23-/m1/s1. The predicted molar refractivity (Wildman–Crippen MR) is 119 cm³/mol. The van der Waals surface area contributed by atoms with Gasteiger partial charge in [0.15, 0.2) is 0 Å². The third-order valence-electron chi connectivity index (χ3n) is 7.25. The number of nitrogens with zero attached hydrogens (tertiary/aromatic N) is 4. The lowest BCUT2D eigenvalue weighted by molar-refractivity contribution is -0.00727. The van der Waals surface area contributed by atoms with Crippen LogP contribution in [0.15, 0.2) is 0 Å². The van der Waals surface area contributed by atoms with E-state index in [0.29, 0.717) is 42.3 Å². The molecule has 0 aliphatic carbocycles. The molecule has 160 valence electrons. The predicted octanol–water partition coefficient (Wildman–Crippen LogP) is 3.76. The Morgan fingerprint density at radius 3 is 1.63 bits per heavy atom. The molecule has 4 heteroatoms. The van der Waals surface area contributed by atoms with Crippen LogP contribution in [0.3, 0.4) is 0 Å². The smallest absolute Gasteiger partial charge is 0.0201 e. The van der Waals surface area contributed by atoms with Gasteiger partial charge in [0, 0.05) is 75.0 Å². The van der Waals surface area contributed by atoms with Gasteiger partial charge in [-0.05, 0) is 75.2 Å². The summed E-state index contributed by atoms with van der Waals surface area (Å²) in [4.78, 5) is 10.8. The van der Waals surface area contributed by atoms with Gasteiger partial charge in [0.1, 0.15) is 0 Å². The summed E-state index contributed by atoms with van der Waals surface area (Å²) in [6.45, 7) is 27.6. The Balaban J connectivity index is 1.82. The summed E-state index contributed by atoms with van der Waals surface area (Å²) in [6, 6.07) is 4.73. The molecular weight excluding hydrogens is 332 g/mol. The van der Waals surface area contributed by atoms with Gasteiger partial charge < -0.3 is 0 Å². The molecule has 0 aromatic rings. The lowest BCUT2D eigenvalue weighted by Gasteiger charge is -2.49. The highest BCUT2D eigenvalue weighted by Gasteiger charge is 2.34. The fourth-order valence-electron chi connectivity index (χ4n) is 5.65. The van der Waals surface area contributed by atoms with Crippen LogP contribution in [0.5, 0.6) is 0 Å². The molecule has 4 nitrogen and oxygen atoms in total. The fourth-order valence-corrected chi connectivity index (χ4v) is 5.65. The summed E-state index contributed by atoms with van der Waals surface area (Å²) in [7, 11) is 0. The van der Waals surface area contributed by atoms with Gasteiger partial charge in [-0.3, -0.25) is 19.6 Å². The normalized spacial score (nSPS) is 32.3. The van der Waals surface area contributed by atoms with Gasteiger partial charge in [0.05, 0.1) is 0 Å². The van der Waals surface area contributed by atoms with Crippen LogP contribution in [-0.4, -0.2) is 94.6 Å². The van der Waals surface area contributed by atoms with Crippen LogP contribution in [0, 0.1) is 0 Å². The van der Waals surface area contributed by atoms with Crippen molar-refractivity contribution in [1.29, 1.82) is 0 Å². The van der Waals surface area contributed by atoms with Crippen molar-refractivity contribution in [2.45, 2.75) is 117 Å². The van der Waals surface area contributed by atoms with Crippen molar-refractivity contribution in [3.8, 4) is 0 Å². The van der Waals surface area contributed by atoms with Gasteiger partial charge in [0.25, 0.3) is 0 Å². The zero-order valence-corrected chi connectivity index (χ0v) is 19.8. The van der Waals surface area contributed by atoms with Crippen LogP contribution in [0.1, 0.15) is 75.2 Å². The molecule has 0 aromatic heterocycles. The molecule has 0 saturated carbocycles. The fraction of sp³-hybridized carbons (Fsp3) is 1.00. The van der Waals surface area contributed by atoms with Gasteiger partial charge in [-0.15, -0.1) is 0 Å². The zero-order chi connectivity index (χ0) is 20.3. The largest absolute Gasteiger partial charge is 0.298 e. The molecule has 5 atom stereocenters. The average molecular weight is 381 g/mol. The summed E-state index contributed by atoms with van der Waals surface area (Å²) in [6.07, 6.45) is 2.63. The molecule has 0 N–H and O–H groups in total. The second-order valence-corrected chi connectivity index (χ2v) is 10.1. The van der Waals surface area contributed by atoms with Crippen LogP contribution >= 0.6 is 0 Å². The van der Waals surface area contributed by atoms with Gasteiger partial charge in [-0.25, -0.2) is 0 Å². The summed E-state index contributed by atoms with van der Waals surface area (Å²) in [5, 5.41) is 0. The molecule has 2 unspecified atom stereocenters. The second-order valence-electron chi connectivity index (χ2n) is 10.1. The molecule has 2 saturated heterocycles. The Bertz CT molecular complexity index is 426. The van der Waals surface area contributed by atoms with Gasteiger partial charge in [-0.1, -0.05) is 0 Å². The van der Waals surface area contributed by atoms with Crippen LogP contribution in [0.25, 0.3) is 0 Å². The van der Waals surface area contributed by atoms with E-state index in [4.69, 9.17) is 0 Å². The maximum absolute atomic E-state index is 2.80. The molecule has 2 aliphatic rings. The minimum Gasteiger partial charge on any atom is -0.298 e. The quantitative estimate of drug-likeness (QED) is 0.666. The van der Waals surface area contributed by atoms with E-state index < -0.39 is 0 Å². The second kappa shape index (κ2) is 10.0. The first-order valence-corrected chi connectivity index (χ1v) is 11.6. The summed E-state index contributed by atoms with van der Waals surface area (Å²) in [5.74, 6) is 0. The highest BCUT2D eigenvalue weighted by Crippen LogP contribution is 2.24. The Kier molecular flexibility index (Phi) is 8.60. The third kappa shape index (κ3) is 5.91. The Hall–Kier alpha value is -0.160. The number of hydrogen-bond acceptors (Lipinski definition) is 4. The van der Waals surface area contributed by atoms with Crippen LogP contribution < -0.4 is 0 Å². The minimum atomic E-state index is 0.663. The number of rotatable bonds is 7. The molecule has 0 amide bonds. The van der Waals surface area contributed by atoms with Crippen LogP contribution in [-0.2, 0) is 0 Å². The van der Waals surface area contributed by atoms with Crippen molar-refractivity contribution in [1.82, 2.24) is 19.6 Å². The molecule has 0 bridgehead atoms. The van der Waals surface area contributed by atoms with Gasteiger partial charge in [-0.2, -0.15) is 0 Å².